The standard InChI is InChI=1S/C28H40N2O3S/c1-4-7-12-22(5-2)28(32)29(17-11-19-33-6-3)21-26(31)30-18-15-25-24(16-20-34-25)27(30)23-13-9-8-10-14-23/h8-10,13-14,16,20,22,27H,4-7,11-12,15,17-19,21H2,1-3H3. The molecule has 1 aromatic carbocycles. The van der Waals surface area contributed by atoms with Crippen LogP contribution in [0.4, 0.5) is 0 Å². The lowest BCUT2D eigenvalue weighted by molar-refractivity contribution is -0.144. The van der Waals surface area contributed by atoms with Gasteiger partial charge in [0.15, 0.2) is 0 Å². The highest BCUT2D eigenvalue weighted by Crippen LogP contribution is 2.37. The zero-order valence-electron chi connectivity index (χ0n) is 21.0. The molecule has 0 fully saturated rings. The maximum Gasteiger partial charge on any atom is 0.242 e. The van der Waals surface area contributed by atoms with Crippen LogP contribution in [0.15, 0.2) is 41.8 Å². The Morgan fingerprint density at radius 3 is 2.65 bits per heavy atom. The summed E-state index contributed by atoms with van der Waals surface area (Å²) in [5, 5.41) is 2.12. The smallest absolute Gasteiger partial charge is 0.242 e. The van der Waals surface area contributed by atoms with Crippen molar-refractivity contribution in [2.24, 2.45) is 5.92 Å². The lowest BCUT2D eigenvalue weighted by Gasteiger charge is -2.38. The Hall–Kier alpha value is -2.18. The van der Waals surface area contributed by atoms with Crippen molar-refractivity contribution >= 4 is 23.2 Å². The van der Waals surface area contributed by atoms with Crippen molar-refractivity contribution in [2.75, 3.05) is 32.8 Å². The molecular weight excluding hydrogens is 444 g/mol. The van der Waals surface area contributed by atoms with Gasteiger partial charge in [0, 0.05) is 37.1 Å². The topological polar surface area (TPSA) is 49.9 Å². The van der Waals surface area contributed by atoms with E-state index < -0.39 is 0 Å². The summed E-state index contributed by atoms with van der Waals surface area (Å²) in [5.41, 5.74) is 2.35. The molecule has 6 heteroatoms. The van der Waals surface area contributed by atoms with Crippen molar-refractivity contribution in [1.82, 2.24) is 9.80 Å². The number of rotatable bonds is 13. The van der Waals surface area contributed by atoms with Crippen LogP contribution in [0.1, 0.15) is 74.9 Å². The molecule has 2 heterocycles. The quantitative estimate of drug-likeness (QED) is 0.343. The van der Waals surface area contributed by atoms with Gasteiger partial charge in [-0.2, -0.15) is 0 Å². The third-order valence-corrected chi connectivity index (χ3v) is 7.70. The fraction of sp³-hybridized carbons (Fsp3) is 0.571. The molecule has 1 aromatic heterocycles. The number of amides is 2. The molecule has 2 unspecified atom stereocenters. The monoisotopic (exact) mass is 484 g/mol. The van der Waals surface area contributed by atoms with Crippen molar-refractivity contribution in [3.63, 3.8) is 0 Å². The van der Waals surface area contributed by atoms with Crippen molar-refractivity contribution < 1.29 is 14.3 Å². The molecule has 0 spiro atoms. The second-order valence-electron chi connectivity index (χ2n) is 9.01. The van der Waals surface area contributed by atoms with E-state index in [1.165, 1.54) is 10.4 Å². The Morgan fingerprint density at radius 1 is 1.15 bits per heavy atom. The summed E-state index contributed by atoms with van der Waals surface area (Å²) in [7, 11) is 0. The highest BCUT2D eigenvalue weighted by atomic mass is 32.1. The van der Waals surface area contributed by atoms with Crippen LogP contribution >= 0.6 is 11.3 Å². The number of hydrogen-bond donors (Lipinski definition) is 0. The highest BCUT2D eigenvalue weighted by molar-refractivity contribution is 7.10. The molecule has 1 aliphatic heterocycles. The lowest BCUT2D eigenvalue weighted by Crippen LogP contribution is -2.48. The van der Waals surface area contributed by atoms with Gasteiger partial charge >= 0.3 is 0 Å². The Kier molecular flexibility index (Phi) is 10.6. The van der Waals surface area contributed by atoms with Crippen LogP contribution in [-0.2, 0) is 20.7 Å². The fourth-order valence-electron chi connectivity index (χ4n) is 4.81. The van der Waals surface area contributed by atoms with E-state index in [-0.39, 0.29) is 30.3 Å². The number of nitrogens with zero attached hydrogens (tertiary/aromatic N) is 2. The Bertz CT molecular complexity index is 898. The van der Waals surface area contributed by atoms with Crippen LogP contribution in [0.3, 0.4) is 0 Å². The molecule has 0 saturated heterocycles. The lowest BCUT2D eigenvalue weighted by atomic mass is 9.93. The van der Waals surface area contributed by atoms with Gasteiger partial charge in [-0.25, -0.2) is 0 Å². The first-order chi connectivity index (χ1) is 16.6. The fourth-order valence-corrected chi connectivity index (χ4v) is 5.72. The molecule has 0 N–H and O–H groups in total. The van der Waals surface area contributed by atoms with Crippen LogP contribution in [0, 0.1) is 5.92 Å². The molecule has 1 aliphatic rings. The number of ether oxygens (including phenoxy) is 1. The van der Waals surface area contributed by atoms with Crippen molar-refractivity contribution in [1.29, 1.82) is 0 Å². The minimum atomic E-state index is -0.0915. The molecule has 186 valence electrons. The zero-order chi connectivity index (χ0) is 24.3. The number of unbranched alkanes of at least 4 members (excludes halogenated alkanes) is 1. The maximum absolute atomic E-state index is 13.7. The Morgan fingerprint density at radius 2 is 1.94 bits per heavy atom. The average Bonchev–Trinajstić information content (AvgIpc) is 3.35. The van der Waals surface area contributed by atoms with E-state index in [1.54, 1.807) is 16.2 Å². The normalized spacial score (nSPS) is 16.2. The molecular formula is C28H40N2O3S. The number of thiophene rings is 1. The summed E-state index contributed by atoms with van der Waals surface area (Å²) >= 11 is 1.77. The summed E-state index contributed by atoms with van der Waals surface area (Å²) in [5.74, 6) is 0.126. The highest BCUT2D eigenvalue weighted by Gasteiger charge is 2.34. The number of carbonyl (C=O) groups is 2. The van der Waals surface area contributed by atoms with Gasteiger partial charge in [0.2, 0.25) is 11.8 Å². The predicted octanol–water partition coefficient (Wildman–Crippen LogP) is 5.69. The molecule has 3 rings (SSSR count). The van der Waals surface area contributed by atoms with Gasteiger partial charge in [-0.1, -0.05) is 57.0 Å². The number of carbonyl (C=O) groups excluding carboxylic acids is 2. The van der Waals surface area contributed by atoms with Gasteiger partial charge in [0.05, 0.1) is 12.6 Å². The molecule has 5 nitrogen and oxygen atoms in total. The van der Waals surface area contributed by atoms with E-state index in [0.29, 0.717) is 26.3 Å². The van der Waals surface area contributed by atoms with Gasteiger partial charge in [0.1, 0.15) is 0 Å². The first-order valence-electron chi connectivity index (χ1n) is 12.9. The van der Waals surface area contributed by atoms with Crippen LogP contribution < -0.4 is 0 Å². The van der Waals surface area contributed by atoms with E-state index in [1.807, 2.05) is 30.0 Å². The molecule has 0 radical (unpaired) electrons. The van der Waals surface area contributed by atoms with E-state index in [2.05, 4.69) is 37.4 Å². The second-order valence-corrected chi connectivity index (χ2v) is 10.0. The summed E-state index contributed by atoms with van der Waals surface area (Å²) in [6.45, 7) is 8.84. The summed E-state index contributed by atoms with van der Waals surface area (Å²) in [6, 6.07) is 12.3. The average molecular weight is 485 g/mol. The van der Waals surface area contributed by atoms with Crippen molar-refractivity contribution in [3.05, 3.63) is 57.8 Å². The SMILES string of the molecule is CCCCC(CC)C(=O)N(CCCOCC)CC(=O)N1CCc2sccc2C1c1ccccc1. The van der Waals surface area contributed by atoms with Crippen LogP contribution in [0.5, 0.6) is 0 Å². The summed E-state index contributed by atoms with van der Waals surface area (Å²) in [4.78, 5) is 32.4. The summed E-state index contributed by atoms with van der Waals surface area (Å²) in [6.07, 6.45) is 5.42. The molecule has 2 aromatic rings. The third kappa shape index (κ3) is 6.70. The number of hydrogen-bond acceptors (Lipinski definition) is 4. The predicted molar refractivity (Wildman–Crippen MR) is 139 cm³/mol. The largest absolute Gasteiger partial charge is 0.382 e. The van der Waals surface area contributed by atoms with Gasteiger partial charge in [-0.05, 0) is 55.2 Å². The van der Waals surface area contributed by atoms with Crippen molar-refractivity contribution in [3.8, 4) is 0 Å². The Labute approximate surface area is 209 Å². The minimum Gasteiger partial charge on any atom is -0.382 e. The van der Waals surface area contributed by atoms with Gasteiger partial charge in [-0.3, -0.25) is 9.59 Å². The molecule has 2 amide bonds. The van der Waals surface area contributed by atoms with Crippen molar-refractivity contribution in [2.45, 2.75) is 65.3 Å². The molecule has 34 heavy (non-hydrogen) atoms. The second kappa shape index (κ2) is 13.6. The number of benzene rings is 1. The first-order valence-corrected chi connectivity index (χ1v) is 13.8. The minimum absolute atomic E-state index is 0.0189. The number of fused-ring (bicyclic) bond motifs is 1. The molecule has 0 aliphatic carbocycles. The zero-order valence-corrected chi connectivity index (χ0v) is 21.8. The molecule has 0 saturated carbocycles. The third-order valence-electron chi connectivity index (χ3n) is 6.71. The van der Waals surface area contributed by atoms with Gasteiger partial charge in [-0.15, -0.1) is 11.3 Å². The van der Waals surface area contributed by atoms with E-state index in [9.17, 15) is 9.59 Å². The van der Waals surface area contributed by atoms with Crippen LogP contribution in [0.2, 0.25) is 0 Å². The van der Waals surface area contributed by atoms with Crippen LogP contribution in [-0.4, -0.2) is 54.5 Å². The van der Waals surface area contributed by atoms with Gasteiger partial charge in [0.25, 0.3) is 0 Å². The van der Waals surface area contributed by atoms with E-state index in [0.717, 1.165) is 44.1 Å². The van der Waals surface area contributed by atoms with E-state index in [4.69, 9.17) is 4.74 Å². The first kappa shape index (κ1) is 26.4. The van der Waals surface area contributed by atoms with Crippen LogP contribution in [0.25, 0.3) is 0 Å². The van der Waals surface area contributed by atoms with E-state index >= 15 is 0 Å². The molecule has 0 bridgehead atoms. The summed E-state index contributed by atoms with van der Waals surface area (Å²) < 4.78 is 5.51. The Balaban J connectivity index is 1.80. The van der Waals surface area contributed by atoms with Gasteiger partial charge < -0.3 is 14.5 Å². The molecule has 2 atom stereocenters. The maximum atomic E-state index is 13.7.